The maximum atomic E-state index is 13.6. The van der Waals surface area contributed by atoms with E-state index in [-0.39, 0.29) is 12.0 Å². The van der Waals surface area contributed by atoms with E-state index in [0.29, 0.717) is 35.7 Å². The molecule has 0 saturated heterocycles. The molecule has 1 aromatic carbocycles. The van der Waals surface area contributed by atoms with E-state index in [1.165, 1.54) is 7.11 Å². The number of carbonyl (C=O) groups excluding carboxylic acids is 1. The Morgan fingerprint density at radius 3 is 2.91 bits per heavy atom. The average molecular weight is 430 g/mol. The Balaban J connectivity index is 1.64. The lowest BCUT2D eigenvalue weighted by molar-refractivity contribution is -0.140. The van der Waals surface area contributed by atoms with Gasteiger partial charge in [-0.05, 0) is 19.1 Å². The fourth-order valence-corrected chi connectivity index (χ4v) is 4.26. The number of ether oxygens (including phenoxy) is 2. The summed E-state index contributed by atoms with van der Waals surface area (Å²) in [6.45, 7) is 2.35. The summed E-state index contributed by atoms with van der Waals surface area (Å²) in [7, 11) is 1.35. The molecule has 0 unspecified atom stereocenters. The van der Waals surface area contributed by atoms with Crippen LogP contribution in [0.3, 0.4) is 0 Å². The van der Waals surface area contributed by atoms with Crippen molar-refractivity contribution in [2.45, 2.75) is 32.2 Å². The zero-order chi connectivity index (χ0) is 22.2. The molecule has 1 aliphatic rings. The number of aromatic nitrogens is 4. The van der Waals surface area contributed by atoms with Crippen molar-refractivity contribution in [1.82, 2.24) is 19.5 Å². The molecule has 0 fully saturated rings. The zero-order valence-electron chi connectivity index (χ0n) is 17.8. The molecular formula is C24H22N4O4. The number of carbonyl (C=O) groups is 1. The van der Waals surface area contributed by atoms with Crippen LogP contribution >= 0.6 is 0 Å². The minimum atomic E-state index is -0.509. The molecule has 8 nitrogen and oxygen atoms in total. The maximum Gasteiger partial charge on any atom is 0.306 e. The van der Waals surface area contributed by atoms with Crippen LogP contribution in [0.2, 0.25) is 0 Å². The Morgan fingerprint density at radius 1 is 1.28 bits per heavy atom. The Labute approximate surface area is 183 Å². The van der Waals surface area contributed by atoms with E-state index in [9.17, 15) is 9.59 Å². The van der Waals surface area contributed by atoms with Crippen LogP contribution in [0, 0.1) is 6.92 Å². The summed E-state index contributed by atoms with van der Waals surface area (Å²) in [5.74, 6) is -0.0515. The molecule has 32 heavy (non-hydrogen) atoms. The average Bonchev–Trinajstić information content (AvgIpc) is 3.31. The minimum absolute atomic E-state index is 0.0265. The van der Waals surface area contributed by atoms with E-state index < -0.39 is 11.9 Å². The van der Waals surface area contributed by atoms with E-state index >= 15 is 0 Å². The molecule has 4 heterocycles. The quantitative estimate of drug-likeness (QED) is 0.487. The first-order valence-electron chi connectivity index (χ1n) is 10.4. The van der Waals surface area contributed by atoms with Crippen molar-refractivity contribution >= 4 is 16.9 Å². The van der Waals surface area contributed by atoms with Gasteiger partial charge in [0, 0.05) is 53.5 Å². The van der Waals surface area contributed by atoms with Crippen molar-refractivity contribution in [3.63, 3.8) is 0 Å². The SMILES string of the molecule is COC(=O)C[C@@H]1c2cc3ccccc3nc2Oc2cc(C)n(CCc3cnc[nH]3)c(=O)c21. The third kappa shape index (κ3) is 3.43. The summed E-state index contributed by atoms with van der Waals surface area (Å²) in [6, 6.07) is 11.5. The van der Waals surface area contributed by atoms with Crippen molar-refractivity contribution in [3.05, 3.63) is 81.8 Å². The topological polar surface area (TPSA) is 99.1 Å². The second-order valence-corrected chi connectivity index (χ2v) is 7.86. The fraction of sp³-hybridized carbons (Fsp3) is 0.250. The highest BCUT2D eigenvalue weighted by Crippen LogP contribution is 2.44. The second-order valence-electron chi connectivity index (χ2n) is 7.86. The van der Waals surface area contributed by atoms with Crippen LogP contribution in [0.15, 0.2) is 53.7 Å². The molecule has 3 aromatic heterocycles. The van der Waals surface area contributed by atoms with Crippen LogP contribution < -0.4 is 10.3 Å². The first-order chi connectivity index (χ1) is 15.5. The summed E-state index contributed by atoms with van der Waals surface area (Å²) in [5, 5.41) is 0.917. The van der Waals surface area contributed by atoms with Crippen molar-refractivity contribution in [2.75, 3.05) is 7.11 Å². The van der Waals surface area contributed by atoms with Gasteiger partial charge in [-0.3, -0.25) is 9.59 Å². The first-order valence-corrected chi connectivity index (χ1v) is 10.4. The molecule has 0 radical (unpaired) electrons. The molecule has 0 saturated carbocycles. The third-order valence-corrected chi connectivity index (χ3v) is 5.91. The third-order valence-electron chi connectivity index (χ3n) is 5.91. The molecule has 1 aliphatic heterocycles. The van der Waals surface area contributed by atoms with Crippen molar-refractivity contribution < 1.29 is 14.3 Å². The lowest BCUT2D eigenvalue weighted by Gasteiger charge is -2.28. The Bertz CT molecular complexity index is 1380. The lowest BCUT2D eigenvalue weighted by Crippen LogP contribution is -2.31. The number of pyridine rings is 2. The Kier molecular flexibility index (Phi) is 4.97. The number of imidazole rings is 1. The Morgan fingerprint density at radius 2 is 2.12 bits per heavy atom. The molecule has 0 spiro atoms. The number of esters is 1. The number of methoxy groups -OCH3 is 1. The van der Waals surface area contributed by atoms with Crippen molar-refractivity contribution in [2.24, 2.45) is 0 Å². The van der Waals surface area contributed by atoms with Crippen LogP contribution in [0.25, 0.3) is 10.9 Å². The number of aromatic amines is 1. The number of nitrogens with zero attached hydrogens (tertiary/aromatic N) is 3. The van der Waals surface area contributed by atoms with Gasteiger partial charge in [0.1, 0.15) is 5.75 Å². The number of benzene rings is 1. The number of fused-ring (bicyclic) bond motifs is 3. The highest BCUT2D eigenvalue weighted by atomic mass is 16.5. The number of para-hydroxylation sites is 1. The molecule has 0 aliphatic carbocycles. The summed E-state index contributed by atoms with van der Waals surface area (Å²) < 4.78 is 12.8. The monoisotopic (exact) mass is 430 g/mol. The van der Waals surface area contributed by atoms with E-state index in [0.717, 1.165) is 22.3 Å². The van der Waals surface area contributed by atoms with Gasteiger partial charge in [0.25, 0.3) is 5.56 Å². The van der Waals surface area contributed by atoms with Gasteiger partial charge < -0.3 is 19.0 Å². The van der Waals surface area contributed by atoms with Crippen molar-refractivity contribution in [3.8, 4) is 11.6 Å². The molecular weight excluding hydrogens is 408 g/mol. The van der Waals surface area contributed by atoms with Gasteiger partial charge in [0.05, 0.1) is 30.9 Å². The summed E-state index contributed by atoms with van der Waals surface area (Å²) in [6.07, 6.45) is 4.02. The van der Waals surface area contributed by atoms with Crippen LogP contribution in [-0.2, 0) is 22.5 Å². The lowest BCUT2D eigenvalue weighted by atomic mass is 9.86. The zero-order valence-corrected chi connectivity index (χ0v) is 17.8. The molecule has 8 heteroatoms. The molecule has 162 valence electrons. The second kappa shape index (κ2) is 7.96. The summed E-state index contributed by atoms with van der Waals surface area (Å²) >= 11 is 0. The number of rotatable bonds is 5. The van der Waals surface area contributed by atoms with Gasteiger partial charge >= 0.3 is 5.97 Å². The van der Waals surface area contributed by atoms with E-state index in [1.54, 1.807) is 17.1 Å². The van der Waals surface area contributed by atoms with Crippen LogP contribution in [0.1, 0.15) is 34.9 Å². The highest BCUT2D eigenvalue weighted by molar-refractivity contribution is 5.81. The standard InChI is InChI=1S/C24H22N4O4/c1-14-9-20-22(24(30)28(14)8-7-16-12-25-13-26-16)17(11-21(29)31-2)18-10-15-5-3-4-6-19(15)27-23(18)32-20/h3-6,9-10,12-13,17H,7-8,11H2,1-2H3,(H,25,26)/t17-/m1/s1. The summed E-state index contributed by atoms with van der Waals surface area (Å²) in [4.78, 5) is 37.7. The predicted molar refractivity (Wildman–Crippen MR) is 118 cm³/mol. The number of nitrogens with one attached hydrogen (secondary N) is 1. The van der Waals surface area contributed by atoms with Crippen LogP contribution in [0.5, 0.6) is 11.6 Å². The van der Waals surface area contributed by atoms with Gasteiger partial charge in [0.2, 0.25) is 5.88 Å². The fourth-order valence-electron chi connectivity index (χ4n) is 4.26. The number of aryl methyl sites for hydroxylation is 2. The largest absolute Gasteiger partial charge is 0.469 e. The van der Waals surface area contributed by atoms with Gasteiger partial charge in [-0.2, -0.15) is 0 Å². The molecule has 0 bridgehead atoms. The molecule has 5 rings (SSSR count). The van der Waals surface area contributed by atoms with E-state index in [1.807, 2.05) is 43.3 Å². The predicted octanol–water partition coefficient (Wildman–Crippen LogP) is 3.47. The molecule has 1 atom stereocenters. The van der Waals surface area contributed by atoms with Crippen molar-refractivity contribution in [1.29, 1.82) is 0 Å². The minimum Gasteiger partial charge on any atom is -0.469 e. The normalized spacial score (nSPS) is 14.5. The number of hydrogen-bond donors (Lipinski definition) is 1. The maximum absolute atomic E-state index is 13.6. The van der Waals surface area contributed by atoms with Gasteiger partial charge in [-0.1, -0.05) is 18.2 Å². The van der Waals surface area contributed by atoms with Gasteiger partial charge in [-0.25, -0.2) is 9.97 Å². The molecule has 0 amide bonds. The van der Waals surface area contributed by atoms with Crippen LogP contribution in [0.4, 0.5) is 0 Å². The number of hydrogen-bond acceptors (Lipinski definition) is 6. The van der Waals surface area contributed by atoms with Gasteiger partial charge in [0.15, 0.2) is 0 Å². The molecule has 4 aromatic rings. The van der Waals surface area contributed by atoms with Crippen LogP contribution in [-0.4, -0.2) is 32.6 Å². The number of H-pyrrole nitrogens is 1. The highest BCUT2D eigenvalue weighted by Gasteiger charge is 2.34. The van der Waals surface area contributed by atoms with E-state index in [2.05, 4.69) is 15.0 Å². The Hall–Kier alpha value is -3.94. The smallest absolute Gasteiger partial charge is 0.306 e. The van der Waals surface area contributed by atoms with E-state index in [4.69, 9.17) is 9.47 Å². The first kappa shape index (κ1) is 20.0. The van der Waals surface area contributed by atoms with Gasteiger partial charge in [-0.15, -0.1) is 0 Å². The molecule has 1 N–H and O–H groups in total. The summed E-state index contributed by atoms with van der Waals surface area (Å²) in [5.41, 5.74) is 3.49.